The molecule has 0 aliphatic carbocycles. The quantitative estimate of drug-likeness (QED) is 0.821. The van der Waals surface area contributed by atoms with Crippen molar-refractivity contribution in [1.29, 1.82) is 0 Å². The first-order valence-corrected chi connectivity index (χ1v) is 7.20. The fourth-order valence-corrected chi connectivity index (χ4v) is 2.35. The summed E-state index contributed by atoms with van der Waals surface area (Å²) in [6.07, 6.45) is 0.302. The van der Waals surface area contributed by atoms with Crippen LogP contribution in [0.3, 0.4) is 0 Å². The number of halogens is 1. The smallest absolute Gasteiger partial charge is 0.306 e. The highest BCUT2D eigenvalue weighted by atomic mass is 35.5. The van der Waals surface area contributed by atoms with Crippen LogP contribution in [-0.2, 0) is 14.3 Å². The second-order valence-corrected chi connectivity index (χ2v) is 5.72. The average molecular weight is 302 g/mol. The minimum absolute atomic E-state index is 0.114. The van der Waals surface area contributed by atoms with Crippen molar-refractivity contribution in [3.63, 3.8) is 0 Å². The maximum atomic E-state index is 11.9. The van der Waals surface area contributed by atoms with Crippen LogP contribution in [0.15, 0.2) is 24.3 Å². The second kappa shape index (κ2) is 8.07. The standard InChI is InChI=1S/C13H16ClNO3S/c1-9(19-7-6-12(16)18-2)13(17)15-11-5-3-4-10(14)8-11/h3-5,8-9H,6-7H2,1-2H3,(H,15,17)/t9-/m0/s1. The number of hydrogen-bond acceptors (Lipinski definition) is 4. The van der Waals surface area contributed by atoms with Gasteiger partial charge in [-0.1, -0.05) is 17.7 Å². The molecule has 0 spiro atoms. The van der Waals surface area contributed by atoms with Gasteiger partial charge in [0.15, 0.2) is 0 Å². The third-order valence-electron chi connectivity index (χ3n) is 2.36. The van der Waals surface area contributed by atoms with Gasteiger partial charge in [-0.15, -0.1) is 11.8 Å². The number of nitrogens with one attached hydrogen (secondary N) is 1. The molecule has 0 heterocycles. The van der Waals surface area contributed by atoms with E-state index in [9.17, 15) is 9.59 Å². The minimum atomic E-state index is -0.269. The molecule has 104 valence electrons. The summed E-state index contributed by atoms with van der Waals surface area (Å²) < 4.78 is 4.53. The largest absolute Gasteiger partial charge is 0.469 e. The van der Waals surface area contributed by atoms with Crippen LogP contribution in [-0.4, -0.2) is 30.0 Å². The molecular formula is C13H16ClNO3S. The molecule has 19 heavy (non-hydrogen) atoms. The highest BCUT2D eigenvalue weighted by Gasteiger charge is 2.14. The SMILES string of the molecule is COC(=O)CCS[C@@H](C)C(=O)Nc1cccc(Cl)c1. The Morgan fingerprint density at radius 1 is 1.47 bits per heavy atom. The molecule has 1 N–H and O–H groups in total. The first-order chi connectivity index (χ1) is 9.02. The molecule has 0 saturated heterocycles. The van der Waals surface area contributed by atoms with Gasteiger partial charge in [0.2, 0.25) is 5.91 Å². The molecule has 4 nitrogen and oxygen atoms in total. The zero-order valence-corrected chi connectivity index (χ0v) is 12.4. The number of ether oxygens (including phenoxy) is 1. The van der Waals surface area contributed by atoms with E-state index < -0.39 is 0 Å². The Morgan fingerprint density at radius 3 is 2.84 bits per heavy atom. The van der Waals surface area contributed by atoms with Crippen LogP contribution in [0.4, 0.5) is 5.69 Å². The van der Waals surface area contributed by atoms with Gasteiger partial charge in [-0.2, -0.15) is 0 Å². The van der Waals surface area contributed by atoms with E-state index in [2.05, 4.69) is 10.1 Å². The lowest BCUT2D eigenvalue weighted by molar-refractivity contribution is -0.140. The molecule has 0 fully saturated rings. The zero-order chi connectivity index (χ0) is 14.3. The number of esters is 1. The fraction of sp³-hybridized carbons (Fsp3) is 0.385. The predicted molar refractivity (Wildman–Crippen MR) is 78.6 cm³/mol. The second-order valence-electron chi connectivity index (χ2n) is 3.84. The Kier molecular flexibility index (Phi) is 6.73. The number of methoxy groups -OCH3 is 1. The summed E-state index contributed by atoms with van der Waals surface area (Å²) in [5.41, 5.74) is 0.665. The molecule has 0 bridgehead atoms. The first kappa shape index (κ1) is 15.9. The molecule has 0 aromatic heterocycles. The van der Waals surface area contributed by atoms with Crippen LogP contribution >= 0.6 is 23.4 Å². The van der Waals surface area contributed by atoms with E-state index in [0.29, 0.717) is 22.9 Å². The Bertz CT molecular complexity index is 453. The molecule has 0 saturated carbocycles. The van der Waals surface area contributed by atoms with E-state index in [1.165, 1.54) is 18.9 Å². The molecule has 0 aliphatic heterocycles. The number of benzene rings is 1. The van der Waals surface area contributed by atoms with Crippen molar-refractivity contribution in [2.24, 2.45) is 0 Å². The van der Waals surface area contributed by atoms with Gasteiger partial charge in [-0.3, -0.25) is 9.59 Å². The van der Waals surface area contributed by atoms with E-state index >= 15 is 0 Å². The average Bonchev–Trinajstić information content (AvgIpc) is 2.38. The number of thioether (sulfide) groups is 1. The Labute approximate surface area is 121 Å². The van der Waals surface area contributed by atoms with Crippen molar-refractivity contribution in [3.8, 4) is 0 Å². The van der Waals surface area contributed by atoms with Gasteiger partial charge in [0.25, 0.3) is 0 Å². The molecule has 0 radical (unpaired) electrons. The van der Waals surface area contributed by atoms with Gasteiger partial charge >= 0.3 is 5.97 Å². The van der Waals surface area contributed by atoms with Gasteiger partial charge in [0.1, 0.15) is 0 Å². The van der Waals surface area contributed by atoms with E-state index in [0.717, 1.165) is 0 Å². The van der Waals surface area contributed by atoms with Crippen molar-refractivity contribution < 1.29 is 14.3 Å². The van der Waals surface area contributed by atoms with Crippen LogP contribution in [0.25, 0.3) is 0 Å². The lowest BCUT2D eigenvalue weighted by Crippen LogP contribution is -2.23. The highest BCUT2D eigenvalue weighted by Crippen LogP contribution is 2.18. The molecule has 1 aromatic carbocycles. The first-order valence-electron chi connectivity index (χ1n) is 5.77. The van der Waals surface area contributed by atoms with Crippen LogP contribution in [0, 0.1) is 0 Å². The monoisotopic (exact) mass is 301 g/mol. The lowest BCUT2D eigenvalue weighted by Gasteiger charge is -2.11. The molecule has 1 aromatic rings. The summed E-state index contributed by atoms with van der Waals surface area (Å²) >= 11 is 7.24. The lowest BCUT2D eigenvalue weighted by atomic mass is 10.3. The molecule has 1 atom stereocenters. The van der Waals surface area contributed by atoms with Gasteiger partial charge in [0.05, 0.1) is 18.8 Å². The summed E-state index contributed by atoms with van der Waals surface area (Å²) in [7, 11) is 1.35. The highest BCUT2D eigenvalue weighted by molar-refractivity contribution is 8.00. The van der Waals surface area contributed by atoms with Gasteiger partial charge in [-0.25, -0.2) is 0 Å². The van der Waals surface area contributed by atoms with E-state index in [1.54, 1.807) is 31.2 Å². The summed E-state index contributed by atoms with van der Waals surface area (Å²) in [4.78, 5) is 22.8. The number of carbonyl (C=O) groups is 2. The molecule has 1 amide bonds. The maximum absolute atomic E-state index is 11.9. The molecular weight excluding hydrogens is 286 g/mol. The fourth-order valence-electron chi connectivity index (χ4n) is 1.31. The van der Waals surface area contributed by atoms with Gasteiger partial charge < -0.3 is 10.1 Å². The number of rotatable bonds is 6. The van der Waals surface area contributed by atoms with E-state index in [4.69, 9.17) is 11.6 Å². The van der Waals surface area contributed by atoms with Crippen molar-refractivity contribution in [2.75, 3.05) is 18.2 Å². The topological polar surface area (TPSA) is 55.4 Å². The summed E-state index contributed by atoms with van der Waals surface area (Å²) in [6, 6.07) is 6.97. The van der Waals surface area contributed by atoms with Crippen LogP contribution in [0.2, 0.25) is 5.02 Å². The van der Waals surface area contributed by atoms with Crippen molar-refractivity contribution in [2.45, 2.75) is 18.6 Å². The molecule has 0 aliphatic rings. The molecule has 1 rings (SSSR count). The third-order valence-corrected chi connectivity index (χ3v) is 3.75. The number of hydrogen-bond donors (Lipinski definition) is 1. The minimum Gasteiger partial charge on any atom is -0.469 e. The Hall–Kier alpha value is -1.20. The predicted octanol–water partition coefficient (Wildman–Crippen LogP) is 2.96. The van der Waals surface area contributed by atoms with E-state index in [-0.39, 0.29) is 17.1 Å². The summed E-state index contributed by atoms with van der Waals surface area (Å²) in [5, 5.41) is 3.10. The van der Waals surface area contributed by atoms with Crippen LogP contribution < -0.4 is 5.32 Å². The normalized spacial score (nSPS) is 11.7. The number of carbonyl (C=O) groups excluding carboxylic acids is 2. The van der Waals surface area contributed by atoms with Crippen molar-refractivity contribution in [1.82, 2.24) is 0 Å². The van der Waals surface area contributed by atoms with Crippen LogP contribution in [0.5, 0.6) is 0 Å². The third kappa shape index (κ3) is 5.98. The summed E-state index contributed by atoms with van der Waals surface area (Å²) in [5.74, 6) is 0.170. The van der Waals surface area contributed by atoms with Crippen molar-refractivity contribution >= 4 is 40.9 Å². The van der Waals surface area contributed by atoms with Crippen LogP contribution in [0.1, 0.15) is 13.3 Å². The zero-order valence-electron chi connectivity index (χ0n) is 10.8. The summed E-state index contributed by atoms with van der Waals surface area (Å²) in [6.45, 7) is 1.79. The van der Waals surface area contributed by atoms with Crippen molar-refractivity contribution in [3.05, 3.63) is 29.3 Å². The van der Waals surface area contributed by atoms with E-state index in [1.807, 2.05) is 0 Å². The number of amides is 1. The Balaban J connectivity index is 2.38. The van der Waals surface area contributed by atoms with Gasteiger partial charge in [-0.05, 0) is 25.1 Å². The Morgan fingerprint density at radius 2 is 2.21 bits per heavy atom. The number of anilines is 1. The maximum Gasteiger partial charge on any atom is 0.306 e. The van der Waals surface area contributed by atoms with Gasteiger partial charge in [0, 0.05) is 16.5 Å². The molecule has 6 heteroatoms. The molecule has 0 unspecified atom stereocenters.